The summed E-state index contributed by atoms with van der Waals surface area (Å²) in [5.74, 6) is 0.442. The highest BCUT2D eigenvalue weighted by atomic mass is 16.3. The Morgan fingerprint density at radius 2 is 2.27 bits per heavy atom. The number of likely N-dealkylation sites (N-methyl/N-ethyl adjacent to an activating group) is 1. The third kappa shape index (κ3) is 2.13. The molecule has 2 rings (SSSR count). The summed E-state index contributed by atoms with van der Waals surface area (Å²) in [4.78, 5) is 2.16. The van der Waals surface area contributed by atoms with E-state index in [-0.39, 0.29) is 0 Å². The number of hydrogen-bond donors (Lipinski definition) is 2. The monoisotopic (exact) mass is 206 g/mol. The molecule has 1 atom stereocenters. The van der Waals surface area contributed by atoms with Crippen LogP contribution in [-0.2, 0) is 6.42 Å². The normalized spacial score (nSPS) is 20.3. The summed E-state index contributed by atoms with van der Waals surface area (Å²) in [6.45, 7) is 1.92. The van der Waals surface area contributed by atoms with Crippen LogP contribution in [0.3, 0.4) is 0 Å². The third-order valence-corrected chi connectivity index (χ3v) is 2.88. The van der Waals surface area contributed by atoms with Crippen LogP contribution in [0.25, 0.3) is 0 Å². The van der Waals surface area contributed by atoms with Gasteiger partial charge in [-0.1, -0.05) is 12.1 Å². The van der Waals surface area contributed by atoms with Gasteiger partial charge in [-0.15, -0.1) is 0 Å². The highest BCUT2D eigenvalue weighted by molar-refractivity contribution is 5.42. The number of phenols is 1. The fourth-order valence-corrected chi connectivity index (χ4v) is 2.20. The minimum Gasteiger partial charge on any atom is -0.508 e. The van der Waals surface area contributed by atoms with Crippen LogP contribution in [0.5, 0.6) is 5.75 Å². The number of phenolic OH excluding ortho intramolecular Hbond substituents is 1. The van der Waals surface area contributed by atoms with Gasteiger partial charge in [0.05, 0.1) is 0 Å². The van der Waals surface area contributed by atoms with Gasteiger partial charge in [0.1, 0.15) is 5.75 Å². The molecule has 0 bridgehead atoms. The molecule has 1 unspecified atom stereocenters. The highest BCUT2D eigenvalue weighted by Crippen LogP contribution is 2.29. The molecular weight excluding hydrogens is 188 g/mol. The lowest BCUT2D eigenvalue weighted by Gasteiger charge is -2.29. The lowest BCUT2D eigenvalue weighted by atomic mass is 9.93. The number of benzene rings is 1. The molecule has 0 aromatic heterocycles. The van der Waals surface area contributed by atoms with Crippen LogP contribution in [0.1, 0.15) is 17.2 Å². The fourth-order valence-electron chi connectivity index (χ4n) is 2.20. The molecule has 82 valence electrons. The summed E-state index contributed by atoms with van der Waals surface area (Å²) in [6, 6.07) is 6.15. The van der Waals surface area contributed by atoms with Crippen LogP contribution in [0, 0.1) is 0 Å². The van der Waals surface area contributed by atoms with Crippen molar-refractivity contribution in [2.24, 2.45) is 0 Å². The smallest absolute Gasteiger partial charge is 0.119 e. The minimum absolute atomic E-state index is 0.343. The molecule has 0 saturated heterocycles. The Bertz CT molecular complexity index is 349. The number of fused-ring (bicyclic) bond motifs is 1. The zero-order chi connectivity index (χ0) is 10.8. The molecule has 0 radical (unpaired) electrons. The summed E-state index contributed by atoms with van der Waals surface area (Å²) in [5.41, 5.74) is 2.36. The van der Waals surface area contributed by atoms with Crippen molar-refractivity contribution in [2.45, 2.75) is 12.5 Å². The van der Waals surface area contributed by atoms with Gasteiger partial charge >= 0.3 is 0 Å². The van der Waals surface area contributed by atoms with E-state index in [2.05, 4.69) is 30.4 Å². The van der Waals surface area contributed by atoms with Crippen LogP contribution < -0.4 is 5.32 Å². The van der Waals surface area contributed by atoms with E-state index in [1.165, 1.54) is 5.56 Å². The third-order valence-electron chi connectivity index (χ3n) is 2.88. The minimum atomic E-state index is 0.343. The number of rotatable bonds is 2. The molecule has 0 fully saturated rings. The van der Waals surface area contributed by atoms with Gasteiger partial charge < -0.3 is 15.3 Å². The van der Waals surface area contributed by atoms with E-state index in [0.717, 1.165) is 25.1 Å². The highest BCUT2D eigenvalue weighted by Gasteiger charge is 2.21. The van der Waals surface area contributed by atoms with E-state index in [1.807, 2.05) is 6.07 Å². The quantitative estimate of drug-likeness (QED) is 0.761. The molecule has 0 aliphatic carbocycles. The maximum atomic E-state index is 9.77. The molecule has 3 nitrogen and oxygen atoms in total. The van der Waals surface area contributed by atoms with E-state index < -0.39 is 0 Å². The van der Waals surface area contributed by atoms with E-state index in [4.69, 9.17) is 0 Å². The molecule has 1 aliphatic heterocycles. The zero-order valence-electron chi connectivity index (χ0n) is 9.33. The average molecular weight is 206 g/mol. The van der Waals surface area contributed by atoms with Crippen LogP contribution >= 0.6 is 0 Å². The lowest BCUT2D eigenvalue weighted by Crippen LogP contribution is -2.36. The molecule has 0 saturated carbocycles. The largest absolute Gasteiger partial charge is 0.508 e. The van der Waals surface area contributed by atoms with Gasteiger partial charge in [-0.2, -0.15) is 0 Å². The first-order valence-electron chi connectivity index (χ1n) is 5.37. The summed E-state index contributed by atoms with van der Waals surface area (Å²) in [5, 5.41) is 13.2. The fraction of sp³-hybridized carbons (Fsp3) is 0.500. The summed E-state index contributed by atoms with van der Waals surface area (Å²) in [7, 11) is 4.14. The Morgan fingerprint density at radius 3 is 3.00 bits per heavy atom. The predicted octanol–water partition coefficient (Wildman–Crippen LogP) is 1.14. The van der Waals surface area contributed by atoms with Crippen LogP contribution in [-0.4, -0.2) is 37.2 Å². The molecule has 1 aromatic carbocycles. The standard InChI is InChI=1S/C12H18N2O/c1-14(2)8-11-9-4-3-5-12(15)10(9)6-7-13-11/h3-5,11,13,15H,6-8H2,1-2H3. The van der Waals surface area contributed by atoms with Crippen LogP contribution in [0.2, 0.25) is 0 Å². The van der Waals surface area contributed by atoms with Gasteiger partial charge in [-0.05, 0) is 44.3 Å². The maximum Gasteiger partial charge on any atom is 0.119 e. The van der Waals surface area contributed by atoms with Gasteiger partial charge in [-0.3, -0.25) is 0 Å². The molecule has 0 amide bonds. The first-order valence-corrected chi connectivity index (χ1v) is 5.37. The molecule has 3 heteroatoms. The molecule has 15 heavy (non-hydrogen) atoms. The van der Waals surface area contributed by atoms with Crippen LogP contribution in [0.4, 0.5) is 0 Å². The Balaban J connectivity index is 2.30. The van der Waals surface area contributed by atoms with Gasteiger partial charge in [0.2, 0.25) is 0 Å². The van der Waals surface area contributed by atoms with Crippen molar-refractivity contribution in [1.82, 2.24) is 10.2 Å². The van der Waals surface area contributed by atoms with Crippen molar-refractivity contribution in [2.75, 3.05) is 27.2 Å². The molecular formula is C12H18N2O. The van der Waals surface area contributed by atoms with E-state index in [0.29, 0.717) is 11.8 Å². The summed E-state index contributed by atoms with van der Waals surface area (Å²) in [6.07, 6.45) is 0.923. The topological polar surface area (TPSA) is 35.5 Å². The van der Waals surface area contributed by atoms with Crippen molar-refractivity contribution in [3.8, 4) is 5.75 Å². The Morgan fingerprint density at radius 1 is 1.47 bits per heavy atom. The Labute approximate surface area is 90.7 Å². The van der Waals surface area contributed by atoms with Gasteiger partial charge in [0, 0.05) is 12.6 Å². The maximum absolute atomic E-state index is 9.77. The number of nitrogens with zero attached hydrogens (tertiary/aromatic N) is 1. The first kappa shape index (κ1) is 10.5. The SMILES string of the molecule is CN(C)CC1NCCc2c(O)cccc21. The van der Waals surface area contributed by atoms with E-state index >= 15 is 0 Å². The molecule has 2 N–H and O–H groups in total. The molecule has 1 aromatic rings. The molecule has 1 aliphatic rings. The zero-order valence-corrected chi connectivity index (χ0v) is 9.33. The van der Waals surface area contributed by atoms with Crippen molar-refractivity contribution in [1.29, 1.82) is 0 Å². The number of nitrogens with one attached hydrogen (secondary N) is 1. The summed E-state index contributed by atoms with van der Waals surface area (Å²) < 4.78 is 0. The van der Waals surface area contributed by atoms with Crippen molar-refractivity contribution in [3.05, 3.63) is 29.3 Å². The molecule has 1 heterocycles. The van der Waals surface area contributed by atoms with Crippen molar-refractivity contribution in [3.63, 3.8) is 0 Å². The molecule has 0 spiro atoms. The van der Waals surface area contributed by atoms with Crippen molar-refractivity contribution < 1.29 is 5.11 Å². The van der Waals surface area contributed by atoms with E-state index in [9.17, 15) is 5.11 Å². The number of hydrogen-bond acceptors (Lipinski definition) is 3. The van der Waals surface area contributed by atoms with Gasteiger partial charge in [0.15, 0.2) is 0 Å². The second-order valence-electron chi connectivity index (χ2n) is 4.36. The second-order valence-corrected chi connectivity index (χ2v) is 4.36. The van der Waals surface area contributed by atoms with Gasteiger partial charge in [-0.25, -0.2) is 0 Å². The Hall–Kier alpha value is -1.06. The van der Waals surface area contributed by atoms with Crippen LogP contribution in [0.15, 0.2) is 18.2 Å². The van der Waals surface area contributed by atoms with E-state index in [1.54, 1.807) is 6.07 Å². The van der Waals surface area contributed by atoms with Gasteiger partial charge in [0.25, 0.3) is 0 Å². The summed E-state index contributed by atoms with van der Waals surface area (Å²) >= 11 is 0. The lowest BCUT2D eigenvalue weighted by molar-refractivity contribution is 0.331. The van der Waals surface area contributed by atoms with Crippen molar-refractivity contribution >= 4 is 0 Å². The number of aromatic hydroxyl groups is 1. The predicted molar refractivity (Wildman–Crippen MR) is 61.1 cm³/mol. The first-order chi connectivity index (χ1) is 7.18. The second kappa shape index (κ2) is 4.21. The Kier molecular flexibility index (Phi) is 2.93. The average Bonchev–Trinajstić information content (AvgIpc) is 2.19.